The van der Waals surface area contributed by atoms with E-state index in [1.807, 2.05) is 68.4 Å². The molecule has 174 valence electrons. The molecular formula is C29H29NO4. The molecule has 5 heteroatoms. The van der Waals surface area contributed by atoms with Crippen molar-refractivity contribution < 1.29 is 18.7 Å². The summed E-state index contributed by atoms with van der Waals surface area (Å²) >= 11 is 0. The first-order valence-electron chi connectivity index (χ1n) is 11.3. The Morgan fingerprint density at radius 2 is 1.79 bits per heavy atom. The highest BCUT2D eigenvalue weighted by atomic mass is 16.5. The van der Waals surface area contributed by atoms with E-state index < -0.39 is 0 Å². The number of benzene rings is 3. The lowest BCUT2D eigenvalue weighted by Crippen LogP contribution is -2.10. The zero-order valence-electron chi connectivity index (χ0n) is 20.2. The Morgan fingerprint density at radius 3 is 2.47 bits per heavy atom. The van der Waals surface area contributed by atoms with Gasteiger partial charge in [-0.05, 0) is 61.2 Å². The second-order valence-electron chi connectivity index (χ2n) is 8.16. The van der Waals surface area contributed by atoms with Crippen molar-refractivity contribution in [2.75, 3.05) is 19.5 Å². The number of allylic oxidation sites excluding steroid dienone is 1. The number of anilines is 1. The van der Waals surface area contributed by atoms with Crippen molar-refractivity contribution in [2.45, 2.75) is 27.2 Å². The van der Waals surface area contributed by atoms with Crippen molar-refractivity contribution in [1.82, 2.24) is 0 Å². The van der Waals surface area contributed by atoms with Gasteiger partial charge < -0.3 is 19.2 Å². The van der Waals surface area contributed by atoms with E-state index in [4.69, 9.17) is 13.9 Å². The van der Waals surface area contributed by atoms with Gasteiger partial charge in [0.2, 0.25) is 5.91 Å². The Balaban J connectivity index is 1.75. The first kappa shape index (κ1) is 23.2. The molecule has 0 aliphatic rings. The quantitative estimate of drug-likeness (QED) is 0.304. The van der Waals surface area contributed by atoms with Gasteiger partial charge in [-0.15, -0.1) is 0 Å². The molecule has 0 aliphatic carbocycles. The first-order valence-corrected chi connectivity index (χ1v) is 11.3. The third kappa shape index (κ3) is 4.42. The molecule has 0 fully saturated rings. The number of carbonyl (C=O) groups is 1. The van der Waals surface area contributed by atoms with Gasteiger partial charge in [0, 0.05) is 33.8 Å². The number of furan rings is 1. The molecule has 0 saturated heterocycles. The van der Waals surface area contributed by atoms with Gasteiger partial charge in [0.05, 0.1) is 20.5 Å². The number of hydrogen-bond donors (Lipinski definition) is 1. The Bertz CT molecular complexity index is 1360. The van der Waals surface area contributed by atoms with E-state index in [1.165, 1.54) is 0 Å². The Morgan fingerprint density at radius 1 is 1.06 bits per heavy atom. The van der Waals surface area contributed by atoms with Gasteiger partial charge >= 0.3 is 0 Å². The van der Waals surface area contributed by atoms with Crippen LogP contribution in [-0.4, -0.2) is 20.1 Å². The number of rotatable bonds is 7. The molecule has 5 nitrogen and oxygen atoms in total. The third-order valence-electron chi connectivity index (χ3n) is 6.08. The number of ether oxygens (including phenoxy) is 2. The number of aryl methyl sites for hydroxylation is 2. The summed E-state index contributed by atoms with van der Waals surface area (Å²) in [6.45, 7) is 5.96. The predicted molar refractivity (Wildman–Crippen MR) is 138 cm³/mol. The minimum absolute atomic E-state index is 0.180. The number of nitrogens with one attached hydrogen (secondary N) is 1. The molecule has 0 saturated carbocycles. The minimum atomic E-state index is -0.180. The Hall–Kier alpha value is -3.99. The maximum atomic E-state index is 12.9. The van der Waals surface area contributed by atoms with Gasteiger partial charge in [-0.2, -0.15) is 0 Å². The molecule has 0 atom stereocenters. The third-order valence-corrected chi connectivity index (χ3v) is 6.08. The van der Waals surface area contributed by atoms with E-state index in [-0.39, 0.29) is 5.91 Å². The van der Waals surface area contributed by atoms with Crippen LogP contribution in [0.3, 0.4) is 0 Å². The SMILES string of the molecule is CCc1ccccc1NC(=O)/C=C(\C)c1cc2c(-c3ccc(OC)cc3)coc2c(C)c1OC. The molecule has 4 rings (SSSR count). The predicted octanol–water partition coefficient (Wildman–Crippen LogP) is 7.03. The summed E-state index contributed by atoms with van der Waals surface area (Å²) in [4.78, 5) is 12.9. The van der Waals surface area contributed by atoms with Gasteiger partial charge in [-0.3, -0.25) is 4.79 Å². The fourth-order valence-corrected chi connectivity index (χ4v) is 4.26. The molecule has 1 amide bonds. The summed E-state index contributed by atoms with van der Waals surface area (Å²) < 4.78 is 17.0. The largest absolute Gasteiger partial charge is 0.497 e. The van der Waals surface area contributed by atoms with Gasteiger partial charge in [-0.1, -0.05) is 37.3 Å². The molecule has 3 aromatic carbocycles. The van der Waals surface area contributed by atoms with Crippen LogP contribution in [0.1, 0.15) is 30.5 Å². The Labute approximate surface area is 200 Å². The van der Waals surface area contributed by atoms with Gasteiger partial charge in [0.15, 0.2) is 0 Å². The van der Waals surface area contributed by atoms with E-state index >= 15 is 0 Å². The number of amides is 1. The number of hydrogen-bond acceptors (Lipinski definition) is 4. The lowest BCUT2D eigenvalue weighted by Gasteiger charge is -2.14. The fourth-order valence-electron chi connectivity index (χ4n) is 4.26. The molecule has 1 N–H and O–H groups in total. The molecule has 1 aromatic heterocycles. The summed E-state index contributed by atoms with van der Waals surface area (Å²) in [6.07, 6.45) is 4.22. The second kappa shape index (κ2) is 9.87. The highest BCUT2D eigenvalue weighted by molar-refractivity contribution is 6.06. The smallest absolute Gasteiger partial charge is 0.248 e. The lowest BCUT2D eigenvalue weighted by molar-refractivity contribution is -0.111. The van der Waals surface area contributed by atoms with Crippen molar-refractivity contribution in [1.29, 1.82) is 0 Å². The molecule has 34 heavy (non-hydrogen) atoms. The highest BCUT2D eigenvalue weighted by Crippen LogP contribution is 2.40. The molecule has 0 bridgehead atoms. The summed E-state index contributed by atoms with van der Waals surface area (Å²) in [5, 5.41) is 3.97. The first-order chi connectivity index (χ1) is 16.5. The van der Waals surface area contributed by atoms with Crippen LogP contribution in [0.5, 0.6) is 11.5 Å². The number of methoxy groups -OCH3 is 2. The van der Waals surface area contributed by atoms with Crippen LogP contribution in [0.4, 0.5) is 5.69 Å². The minimum Gasteiger partial charge on any atom is -0.497 e. The van der Waals surface area contributed by atoms with Crippen LogP contribution < -0.4 is 14.8 Å². The topological polar surface area (TPSA) is 60.7 Å². The van der Waals surface area contributed by atoms with E-state index in [2.05, 4.69) is 12.2 Å². The van der Waals surface area contributed by atoms with Crippen molar-refractivity contribution in [3.8, 4) is 22.6 Å². The van der Waals surface area contributed by atoms with E-state index in [0.717, 1.165) is 62.2 Å². The number of carbonyl (C=O) groups excluding carboxylic acids is 1. The summed E-state index contributed by atoms with van der Waals surface area (Å²) in [6, 6.07) is 17.7. The van der Waals surface area contributed by atoms with Crippen molar-refractivity contribution in [3.63, 3.8) is 0 Å². The second-order valence-corrected chi connectivity index (χ2v) is 8.16. The Kier molecular flexibility index (Phi) is 6.73. The molecule has 0 aliphatic heterocycles. The fraction of sp³-hybridized carbons (Fsp3) is 0.207. The van der Waals surface area contributed by atoms with Crippen molar-refractivity contribution >= 4 is 28.1 Å². The summed E-state index contributed by atoms with van der Waals surface area (Å²) in [5.41, 5.74) is 7.22. The standard InChI is InChI=1S/C29H29NO4/c1-6-20-9-7-8-10-26(20)30-27(31)15-18(2)23-16-24-25(21-11-13-22(32-4)14-12-21)17-34-29(24)19(3)28(23)33-5/h7-17H,6H2,1-5H3,(H,30,31)/b18-15+. The average molecular weight is 456 g/mol. The van der Waals surface area contributed by atoms with Crippen molar-refractivity contribution in [3.05, 3.63) is 83.6 Å². The highest BCUT2D eigenvalue weighted by Gasteiger charge is 2.19. The molecular weight excluding hydrogens is 426 g/mol. The van der Waals surface area contributed by atoms with Gasteiger partial charge in [0.1, 0.15) is 17.1 Å². The average Bonchev–Trinajstić information content (AvgIpc) is 3.28. The van der Waals surface area contributed by atoms with Crippen molar-refractivity contribution in [2.24, 2.45) is 0 Å². The van der Waals surface area contributed by atoms with Crippen LogP contribution >= 0.6 is 0 Å². The lowest BCUT2D eigenvalue weighted by atomic mass is 9.96. The van der Waals surface area contributed by atoms with E-state index in [1.54, 1.807) is 26.6 Å². The van der Waals surface area contributed by atoms with Crippen LogP contribution in [0.25, 0.3) is 27.7 Å². The van der Waals surface area contributed by atoms with Crippen LogP contribution in [0.2, 0.25) is 0 Å². The molecule has 1 heterocycles. The van der Waals surface area contributed by atoms with E-state index in [0.29, 0.717) is 5.75 Å². The number of fused-ring (bicyclic) bond motifs is 1. The van der Waals surface area contributed by atoms with E-state index in [9.17, 15) is 4.79 Å². The number of para-hydroxylation sites is 1. The molecule has 4 aromatic rings. The van der Waals surface area contributed by atoms with Crippen LogP contribution in [-0.2, 0) is 11.2 Å². The zero-order chi connectivity index (χ0) is 24.2. The van der Waals surface area contributed by atoms with Crippen LogP contribution in [0, 0.1) is 6.92 Å². The maximum absolute atomic E-state index is 12.9. The maximum Gasteiger partial charge on any atom is 0.248 e. The monoisotopic (exact) mass is 455 g/mol. The van der Waals surface area contributed by atoms with Crippen LogP contribution in [0.15, 0.2) is 71.4 Å². The summed E-state index contributed by atoms with van der Waals surface area (Å²) in [7, 11) is 3.28. The van der Waals surface area contributed by atoms with Gasteiger partial charge in [0.25, 0.3) is 0 Å². The summed E-state index contributed by atoms with van der Waals surface area (Å²) in [5.74, 6) is 1.31. The van der Waals surface area contributed by atoms with Gasteiger partial charge in [-0.25, -0.2) is 0 Å². The molecule has 0 radical (unpaired) electrons. The molecule has 0 unspecified atom stereocenters. The normalized spacial score (nSPS) is 11.5. The molecule has 0 spiro atoms. The zero-order valence-corrected chi connectivity index (χ0v) is 20.2.